The molecule has 3 atom stereocenters. The molecule has 0 bridgehead atoms. The highest BCUT2D eigenvalue weighted by molar-refractivity contribution is 8.13. The van der Waals surface area contributed by atoms with E-state index < -0.39 is 53.3 Å². The van der Waals surface area contributed by atoms with Crippen molar-refractivity contribution in [2.45, 2.75) is 148 Å². The van der Waals surface area contributed by atoms with Crippen LogP contribution in [0.15, 0.2) is 42.5 Å². The first-order valence-electron chi connectivity index (χ1n) is 22.2. The molecule has 1 fully saturated rings. The lowest BCUT2D eigenvalue weighted by atomic mass is 9.81. The van der Waals surface area contributed by atoms with Crippen molar-refractivity contribution in [3.63, 3.8) is 0 Å². The van der Waals surface area contributed by atoms with E-state index >= 15 is 0 Å². The molecule has 0 radical (unpaired) electrons. The zero-order valence-electron chi connectivity index (χ0n) is 38.7. The van der Waals surface area contributed by atoms with Gasteiger partial charge in [0.25, 0.3) is 0 Å². The Hall–Kier alpha value is -5.19. The van der Waals surface area contributed by atoms with Crippen LogP contribution < -0.4 is 26.6 Å². The van der Waals surface area contributed by atoms with Crippen LogP contribution in [0.4, 0.5) is 4.79 Å². The number of nitrogens with one attached hydrogen (secondary N) is 5. The van der Waals surface area contributed by atoms with Gasteiger partial charge in [-0.1, -0.05) is 54.2 Å². The first-order valence-corrected chi connectivity index (χ1v) is 23.2. The topological polar surface area (TPSA) is 224 Å². The maximum Gasteiger partial charge on any atom is 0.329 e. The summed E-state index contributed by atoms with van der Waals surface area (Å²) in [6, 6.07) is 9.82. The van der Waals surface area contributed by atoms with Crippen LogP contribution in [0.5, 0.6) is 0 Å². The molecule has 64 heavy (non-hydrogen) atoms. The number of ether oxygens (including phenoxy) is 3. The molecule has 5 N–H and O–H groups in total. The molecule has 16 nitrogen and oxygen atoms in total. The summed E-state index contributed by atoms with van der Waals surface area (Å²) in [6.45, 7) is 12.4. The van der Waals surface area contributed by atoms with Crippen LogP contribution in [0.25, 0.3) is 10.8 Å². The lowest BCUT2D eigenvalue weighted by Gasteiger charge is -2.29. The number of esters is 3. The van der Waals surface area contributed by atoms with E-state index in [-0.39, 0.29) is 73.3 Å². The highest BCUT2D eigenvalue weighted by Crippen LogP contribution is 2.29. The summed E-state index contributed by atoms with van der Waals surface area (Å²) >= 11 is 1.12. The molecule has 0 heterocycles. The predicted octanol–water partition coefficient (Wildman–Crippen LogP) is 5.42. The van der Waals surface area contributed by atoms with Crippen molar-refractivity contribution >= 4 is 69.3 Å². The normalized spacial score (nSPS) is 16.6. The van der Waals surface area contributed by atoms with Crippen LogP contribution in [-0.2, 0) is 54.2 Å². The number of urea groups is 1. The van der Waals surface area contributed by atoms with Crippen molar-refractivity contribution in [3.05, 3.63) is 48.0 Å². The summed E-state index contributed by atoms with van der Waals surface area (Å²) in [5.74, 6) is -2.28. The van der Waals surface area contributed by atoms with Crippen molar-refractivity contribution in [2.75, 3.05) is 26.0 Å². The molecule has 3 rings (SSSR count). The van der Waals surface area contributed by atoms with Gasteiger partial charge in [-0.2, -0.15) is 0 Å². The van der Waals surface area contributed by atoms with Gasteiger partial charge in [0.05, 0.1) is 7.11 Å². The summed E-state index contributed by atoms with van der Waals surface area (Å²) < 4.78 is 15.7. The Morgan fingerprint density at radius 2 is 1.36 bits per heavy atom. The largest absolute Gasteiger partial charge is 0.467 e. The van der Waals surface area contributed by atoms with E-state index in [0.29, 0.717) is 38.0 Å². The molecule has 354 valence electrons. The average molecular weight is 912 g/mol. The Morgan fingerprint density at radius 3 is 1.98 bits per heavy atom. The van der Waals surface area contributed by atoms with Crippen molar-refractivity contribution in [2.24, 2.45) is 11.8 Å². The SMILES string of the molecule is COC(=O)C(CCCCNC(=O)C(Cc1ccc2ccccc2c1)NC(=O)C1CCC(CNC(=O)CCSC(C)=O)CC1)NC(=O)N[C@@H](CCC(=O)OC(C)(C)C)C(=O)OC(C)(C)C. The number of carbonyl (C=O) groups excluding carboxylic acids is 8. The van der Waals surface area contributed by atoms with Crippen molar-refractivity contribution in [1.82, 2.24) is 26.6 Å². The van der Waals surface area contributed by atoms with E-state index in [1.807, 2.05) is 42.5 Å². The minimum atomic E-state index is -1.22. The zero-order valence-corrected chi connectivity index (χ0v) is 39.5. The number of amides is 5. The Labute approximate surface area is 381 Å². The van der Waals surface area contributed by atoms with Gasteiger partial charge in [-0.3, -0.25) is 24.0 Å². The van der Waals surface area contributed by atoms with Crippen LogP contribution in [0.1, 0.15) is 118 Å². The number of rotatable bonds is 22. The molecule has 2 aromatic rings. The third-order valence-electron chi connectivity index (χ3n) is 10.4. The van der Waals surface area contributed by atoms with Gasteiger partial charge in [-0.05, 0) is 115 Å². The second-order valence-corrected chi connectivity index (χ2v) is 19.5. The molecule has 1 aliphatic rings. The number of thioether (sulfide) groups is 1. The third kappa shape index (κ3) is 20.5. The summed E-state index contributed by atoms with van der Waals surface area (Å²) in [5.41, 5.74) is -0.727. The summed E-state index contributed by atoms with van der Waals surface area (Å²) in [6.07, 6.45) is 3.97. The van der Waals surface area contributed by atoms with E-state index in [1.54, 1.807) is 41.5 Å². The first-order chi connectivity index (χ1) is 30.1. The Balaban J connectivity index is 1.58. The van der Waals surface area contributed by atoms with Crippen LogP contribution in [0.3, 0.4) is 0 Å². The predicted molar refractivity (Wildman–Crippen MR) is 245 cm³/mol. The monoisotopic (exact) mass is 911 g/mol. The standard InChI is InChI=1S/C47H69N5O11S/c1-30(53)64-26-24-39(54)49-29-31-16-20-34(21-17-31)41(56)50-38(28-32-18-19-33-13-9-10-14-35(33)27-32)42(57)48-25-12-11-15-36(43(58)61-8)51-45(60)52-37(44(59)63-47(5,6)7)22-23-40(55)62-46(2,3)4/h9-10,13-14,18-19,27,31,34,36-38H,11-12,15-17,20-26,28-29H2,1-8H3,(H,48,57)(H,49,54)(H,50,56)(H2,51,52,60)/t31?,34?,36?,37-,38?/m0/s1. The second-order valence-electron chi connectivity index (χ2n) is 18.3. The fourth-order valence-corrected chi connectivity index (χ4v) is 7.77. The van der Waals surface area contributed by atoms with Gasteiger partial charge < -0.3 is 40.8 Å². The fourth-order valence-electron chi connectivity index (χ4n) is 7.20. The van der Waals surface area contributed by atoms with E-state index in [0.717, 1.165) is 40.9 Å². The molecule has 1 saturated carbocycles. The summed E-state index contributed by atoms with van der Waals surface area (Å²) in [7, 11) is 1.19. The third-order valence-corrected chi connectivity index (χ3v) is 11.2. The molecule has 0 saturated heterocycles. The van der Waals surface area contributed by atoms with Gasteiger partial charge in [-0.15, -0.1) is 0 Å². The number of hydrogen-bond acceptors (Lipinski definition) is 12. The van der Waals surface area contributed by atoms with Crippen molar-refractivity contribution in [3.8, 4) is 0 Å². The Bertz CT molecular complexity index is 1920. The van der Waals surface area contributed by atoms with Gasteiger partial charge in [0.15, 0.2) is 5.12 Å². The zero-order chi connectivity index (χ0) is 47.5. The smallest absolute Gasteiger partial charge is 0.329 e. The summed E-state index contributed by atoms with van der Waals surface area (Å²) in [5, 5.41) is 16.0. The maximum absolute atomic E-state index is 13.8. The molecule has 0 spiro atoms. The molecule has 1 aliphatic carbocycles. The lowest BCUT2D eigenvalue weighted by Crippen LogP contribution is -2.52. The first kappa shape index (κ1) is 53.2. The number of methoxy groups -OCH3 is 1. The highest BCUT2D eigenvalue weighted by atomic mass is 32.2. The van der Waals surface area contributed by atoms with E-state index in [9.17, 15) is 38.4 Å². The minimum absolute atomic E-state index is 0.0224. The lowest BCUT2D eigenvalue weighted by molar-refractivity contribution is -0.158. The molecular formula is C47H69N5O11S. The van der Waals surface area contributed by atoms with Crippen LogP contribution >= 0.6 is 11.8 Å². The molecule has 2 aromatic carbocycles. The maximum atomic E-state index is 13.8. The molecule has 17 heteroatoms. The number of fused-ring (bicyclic) bond motifs is 1. The number of benzene rings is 2. The molecule has 5 amide bonds. The van der Waals surface area contributed by atoms with Crippen LogP contribution in [-0.4, -0.2) is 102 Å². The van der Waals surface area contributed by atoms with E-state index in [1.165, 1.54) is 14.0 Å². The van der Waals surface area contributed by atoms with Gasteiger partial charge in [0.2, 0.25) is 17.7 Å². The fraction of sp³-hybridized carbons (Fsp3) is 0.617. The van der Waals surface area contributed by atoms with Crippen LogP contribution in [0.2, 0.25) is 0 Å². The second kappa shape index (κ2) is 25.9. The number of hydrogen-bond donors (Lipinski definition) is 5. The van der Waals surface area contributed by atoms with Gasteiger partial charge in [0.1, 0.15) is 29.3 Å². The van der Waals surface area contributed by atoms with Gasteiger partial charge in [-0.25, -0.2) is 14.4 Å². The van der Waals surface area contributed by atoms with Crippen LogP contribution in [0, 0.1) is 11.8 Å². The van der Waals surface area contributed by atoms with E-state index in [4.69, 9.17) is 14.2 Å². The minimum Gasteiger partial charge on any atom is -0.467 e. The molecule has 2 unspecified atom stereocenters. The van der Waals surface area contributed by atoms with Gasteiger partial charge in [0, 0.05) is 50.9 Å². The van der Waals surface area contributed by atoms with Gasteiger partial charge >= 0.3 is 23.9 Å². The van der Waals surface area contributed by atoms with Crippen molar-refractivity contribution < 1.29 is 52.6 Å². The Kier molecular flexibility index (Phi) is 21.5. The number of unbranched alkanes of at least 4 members (excludes halogenated alkanes) is 1. The summed E-state index contributed by atoms with van der Waals surface area (Å²) in [4.78, 5) is 102. The average Bonchev–Trinajstić information content (AvgIpc) is 3.21. The van der Waals surface area contributed by atoms with Crippen molar-refractivity contribution in [1.29, 1.82) is 0 Å². The molecule has 0 aromatic heterocycles. The number of carbonyl (C=O) groups is 8. The highest BCUT2D eigenvalue weighted by Gasteiger charge is 2.32. The quantitative estimate of drug-likeness (QED) is 0.0568. The molecular weight excluding hydrogens is 843 g/mol. The molecule has 0 aliphatic heterocycles. The van der Waals surface area contributed by atoms with E-state index in [2.05, 4.69) is 26.6 Å². The Morgan fingerprint density at radius 1 is 0.719 bits per heavy atom.